The van der Waals surface area contributed by atoms with E-state index in [1.165, 1.54) is 22.7 Å². The lowest BCUT2D eigenvalue weighted by molar-refractivity contribution is 0.155. The second-order valence-corrected chi connectivity index (χ2v) is 11.0. The van der Waals surface area contributed by atoms with Crippen LogP contribution >= 0.6 is 22.7 Å². The maximum atomic E-state index is 12.3. The average molecular weight is 592 g/mol. The minimum atomic E-state index is -0.522. The van der Waals surface area contributed by atoms with Crippen molar-refractivity contribution in [1.29, 1.82) is 0 Å². The number of para-hydroxylation sites is 1. The molecule has 0 spiro atoms. The molecule has 4 N–H and O–H groups in total. The molecule has 0 aliphatic carbocycles. The van der Waals surface area contributed by atoms with Gasteiger partial charge >= 0.3 is 6.09 Å². The Kier molecular flexibility index (Phi) is 8.07. The second-order valence-electron chi connectivity index (χ2n) is 9.10. The molecule has 6 rings (SSSR count). The lowest BCUT2D eigenvalue weighted by atomic mass is 10.1. The molecule has 2 aromatic heterocycles. The van der Waals surface area contributed by atoms with Gasteiger partial charge in [0.25, 0.3) is 0 Å². The molecule has 0 radical (unpaired) electrons. The van der Waals surface area contributed by atoms with Crippen molar-refractivity contribution in [2.24, 2.45) is 0 Å². The lowest BCUT2D eigenvalue weighted by Gasteiger charge is -2.08. The molecule has 0 unspecified atom stereocenters. The molecular formula is C32H25N5O3S2. The first kappa shape index (κ1) is 27.0. The summed E-state index contributed by atoms with van der Waals surface area (Å²) in [6.07, 6.45) is -0.522. The Morgan fingerprint density at radius 1 is 0.810 bits per heavy atom. The molecule has 1 amide bonds. The van der Waals surface area contributed by atoms with E-state index in [2.05, 4.69) is 15.6 Å². The summed E-state index contributed by atoms with van der Waals surface area (Å²) in [5.41, 5.74) is 10.3. The van der Waals surface area contributed by atoms with E-state index in [9.17, 15) is 4.79 Å². The molecule has 0 aliphatic heterocycles. The third-order valence-electron chi connectivity index (χ3n) is 6.05. The van der Waals surface area contributed by atoms with Crippen LogP contribution in [-0.4, -0.2) is 16.1 Å². The lowest BCUT2D eigenvalue weighted by Crippen LogP contribution is -2.13. The Morgan fingerprint density at radius 3 is 2.33 bits per heavy atom. The molecule has 0 saturated heterocycles. The monoisotopic (exact) mass is 591 g/mol. The topological polar surface area (TPSA) is 111 Å². The van der Waals surface area contributed by atoms with Crippen molar-refractivity contribution in [2.75, 3.05) is 16.4 Å². The highest BCUT2D eigenvalue weighted by atomic mass is 32.1. The molecule has 6 aromatic rings. The number of nitrogens with two attached hydrogens (primary N) is 1. The van der Waals surface area contributed by atoms with Crippen LogP contribution < -0.4 is 21.1 Å². The van der Waals surface area contributed by atoms with Gasteiger partial charge in [-0.15, -0.1) is 11.3 Å². The van der Waals surface area contributed by atoms with Gasteiger partial charge in [-0.1, -0.05) is 72.0 Å². The Labute approximate surface area is 250 Å². The number of amides is 1. The maximum Gasteiger partial charge on any atom is 0.411 e. The predicted octanol–water partition coefficient (Wildman–Crippen LogP) is 8.80. The van der Waals surface area contributed by atoms with Crippen molar-refractivity contribution in [1.82, 2.24) is 9.97 Å². The number of nitrogens with zero attached hydrogens (tertiary/aromatic N) is 2. The van der Waals surface area contributed by atoms with Gasteiger partial charge in [0, 0.05) is 22.3 Å². The Hall–Kier alpha value is -5.19. The van der Waals surface area contributed by atoms with Gasteiger partial charge in [-0.05, 0) is 54.1 Å². The van der Waals surface area contributed by atoms with Gasteiger partial charge in [0.05, 0.1) is 5.69 Å². The fraction of sp³-hybridized carbons (Fsp3) is 0.0312. The summed E-state index contributed by atoms with van der Waals surface area (Å²) in [4.78, 5) is 22.4. The number of anilines is 4. The Morgan fingerprint density at radius 2 is 1.55 bits per heavy atom. The SMILES string of the molecule is Nc1nc(Nc2ccc(Oc3ccccc3)cc2)sc1-c1nc(-c2cccc(NC(=O)OCc3ccccc3)c2)cs1. The normalized spacial score (nSPS) is 10.7. The zero-order chi connectivity index (χ0) is 28.7. The highest BCUT2D eigenvalue weighted by molar-refractivity contribution is 7.23. The molecule has 0 atom stereocenters. The standard InChI is InChI=1S/C32H25N5O3S2/c33-29-28(42-31(37-29)34-23-14-16-26(17-15-23)40-25-12-5-2-6-13-25)30-36-27(20-41-30)22-10-7-11-24(18-22)35-32(38)39-19-21-8-3-1-4-9-21/h1-18,20H,19,33H2,(H,34,37)(H,35,38). The Balaban J connectivity index is 1.09. The highest BCUT2D eigenvalue weighted by Gasteiger charge is 2.16. The highest BCUT2D eigenvalue weighted by Crippen LogP contribution is 2.39. The van der Waals surface area contributed by atoms with E-state index in [1.54, 1.807) is 6.07 Å². The van der Waals surface area contributed by atoms with Crippen molar-refractivity contribution in [2.45, 2.75) is 6.61 Å². The van der Waals surface area contributed by atoms with Crippen LogP contribution in [0.15, 0.2) is 115 Å². The van der Waals surface area contributed by atoms with Gasteiger partial charge in [-0.2, -0.15) is 0 Å². The van der Waals surface area contributed by atoms with E-state index >= 15 is 0 Å². The van der Waals surface area contributed by atoms with E-state index in [0.717, 1.165) is 43.9 Å². The fourth-order valence-corrected chi connectivity index (χ4v) is 5.87. The third-order valence-corrected chi connectivity index (χ3v) is 8.04. The molecule has 0 fully saturated rings. The molecule has 208 valence electrons. The smallest absolute Gasteiger partial charge is 0.411 e. The Bertz CT molecular complexity index is 1790. The zero-order valence-electron chi connectivity index (χ0n) is 22.2. The molecule has 0 bridgehead atoms. The number of ether oxygens (including phenoxy) is 2. The molecule has 2 heterocycles. The van der Waals surface area contributed by atoms with E-state index < -0.39 is 6.09 Å². The van der Waals surface area contributed by atoms with Crippen LogP contribution in [0.5, 0.6) is 11.5 Å². The number of benzene rings is 4. The van der Waals surface area contributed by atoms with Crippen molar-refractivity contribution in [3.05, 3.63) is 120 Å². The minimum Gasteiger partial charge on any atom is -0.457 e. The number of rotatable bonds is 9. The van der Waals surface area contributed by atoms with E-state index in [-0.39, 0.29) is 6.61 Å². The summed E-state index contributed by atoms with van der Waals surface area (Å²) in [7, 11) is 0. The predicted molar refractivity (Wildman–Crippen MR) is 170 cm³/mol. The van der Waals surface area contributed by atoms with Crippen LogP contribution in [0.25, 0.3) is 21.1 Å². The summed E-state index contributed by atoms with van der Waals surface area (Å²) in [6, 6.07) is 34.3. The van der Waals surface area contributed by atoms with Gasteiger partial charge in [-0.25, -0.2) is 14.8 Å². The van der Waals surface area contributed by atoms with Crippen LogP contribution in [-0.2, 0) is 11.3 Å². The van der Waals surface area contributed by atoms with Crippen LogP contribution in [0.1, 0.15) is 5.56 Å². The molecule has 0 aliphatic rings. The maximum absolute atomic E-state index is 12.3. The molecule has 10 heteroatoms. The summed E-state index contributed by atoms with van der Waals surface area (Å²) in [6.45, 7) is 0.197. The van der Waals surface area contributed by atoms with Crippen LogP contribution in [0, 0.1) is 0 Å². The van der Waals surface area contributed by atoms with Crippen molar-refractivity contribution in [3.8, 4) is 32.6 Å². The second kappa shape index (κ2) is 12.5. The van der Waals surface area contributed by atoms with Gasteiger partial charge in [0.15, 0.2) is 5.13 Å². The molecule has 0 saturated carbocycles. The molecule has 4 aromatic carbocycles. The molecular weight excluding hydrogens is 567 g/mol. The van der Waals surface area contributed by atoms with Gasteiger partial charge in [-0.3, -0.25) is 5.32 Å². The van der Waals surface area contributed by atoms with Gasteiger partial charge < -0.3 is 20.5 Å². The number of thiazole rings is 2. The molecule has 8 nitrogen and oxygen atoms in total. The van der Waals surface area contributed by atoms with Crippen molar-refractivity contribution >= 4 is 51.1 Å². The van der Waals surface area contributed by atoms with Gasteiger partial charge in [0.1, 0.15) is 33.8 Å². The number of hydrogen-bond donors (Lipinski definition) is 3. The van der Waals surface area contributed by atoms with Crippen molar-refractivity contribution in [3.63, 3.8) is 0 Å². The van der Waals surface area contributed by atoms with Gasteiger partial charge in [0.2, 0.25) is 0 Å². The zero-order valence-corrected chi connectivity index (χ0v) is 23.8. The number of nitrogen functional groups attached to an aromatic ring is 1. The van der Waals surface area contributed by atoms with E-state index in [0.29, 0.717) is 16.6 Å². The summed E-state index contributed by atoms with van der Waals surface area (Å²) in [5, 5.41) is 9.48. The number of nitrogens with one attached hydrogen (secondary N) is 2. The number of carbonyl (C=O) groups is 1. The average Bonchev–Trinajstić information content (AvgIpc) is 3.65. The van der Waals surface area contributed by atoms with Crippen molar-refractivity contribution < 1.29 is 14.3 Å². The first-order valence-corrected chi connectivity index (χ1v) is 14.7. The fourth-order valence-electron chi connectivity index (χ4n) is 4.04. The van der Waals surface area contributed by atoms with E-state index in [1.807, 2.05) is 109 Å². The van der Waals surface area contributed by atoms with Crippen LogP contribution in [0.2, 0.25) is 0 Å². The van der Waals surface area contributed by atoms with Crippen LogP contribution in [0.3, 0.4) is 0 Å². The summed E-state index contributed by atoms with van der Waals surface area (Å²) in [5.74, 6) is 1.93. The van der Waals surface area contributed by atoms with E-state index in [4.69, 9.17) is 20.2 Å². The summed E-state index contributed by atoms with van der Waals surface area (Å²) >= 11 is 2.92. The summed E-state index contributed by atoms with van der Waals surface area (Å²) < 4.78 is 11.2. The van der Waals surface area contributed by atoms with Crippen LogP contribution in [0.4, 0.5) is 27.1 Å². The minimum absolute atomic E-state index is 0.197. The molecule has 42 heavy (non-hydrogen) atoms. The first-order valence-electron chi connectivity index (χ1n) is 13.0. The number of hydrogen-bond acceptors (Lipinski definition) is 9. The number of carbonyl (C=O) groups excluding carboxylic acids is 1. The third kappa shape index (κ3) is 6.74. The number of aromatic nitrogens is 2. The first-order chi connectivity index (χ1) is 20.6. The quantitative estimate of drug-likeness (QED) is 0.154. The largest absolute Gasteiger partial charge is 0.457 e.